The number of carbonyl (C=O) groups excluding carboxylic acids is 1. The molecule has 1 amide bonds. The van der Waals surface area contributed by atoms with Crippen LogP contribution in [0.25, 0.3) is 11.3 Å². The summed E-state index contributed by atoms with van der Waals surface area (Å²) in [7, 11) is 0. The molecule has 0 saturated heterocycles. The van der Waals surface area contributed by atoms with E-state index in [4.69, 9.17) is 4.99 Å². The Labute approximate surface area is 190 Å². The number of carbonyl (C=O) groups is 1. The van der Waals surface area contributed by atoms with Crippen LogP contribution in [0.4, 0.5) is 0 Å². The van der Waals surface area contributed by atoms with E-state index in [9.17, 15) is 4.79 Å². The SMILES string of the molecule is CCCc1sc(=NC(=O)C23CC4CC(CC(C4)C2)C3)n(CC)c1-c1ccc(C)c(C)c1. The molecule has 1 aromatic heterocycles. The zero-order chi connectivity index (χ0) is 21.8. The summed E-state index contributed by atoms with van der Waals surface area (Å²) in [6.07, 6.45) is 9.48. The van der Waals surface area contributed by atoms with Gasteiger partial charge in [0.15, 0.2) is 4.80 Å². The normalized spacial score (nSPS) is 29.7. The average Bonchev–Trinajstić information content (AvgIpc) is 3.06. The predicted octanol–water partition coefficient (Wildman–Crippen LogP) is 6.45. The molecule has 1 heterocycles. The molecule has 0 N–H and O–H groups in total. The minimum Gasteiger partial charge on any atom is -0.316 e. The highest BCUT2D eigenvalue weighted by molar-refractivity contribution is 7.09. The molecule has 0 atom stereocenters. The molecular weight excluding hydrogens is 400 g/mol. The largest absolute Gasteiger partial charge is 0.316 e. The van der Waals surface area contributed by atoms with Crippen molar-refractivity contribution in [3.8, 4) is 11.3 Å². The van der Waals surface area contributed by atoms with Crippen molar-refractivity contribution in [1.29, 1.82) is 0 Å². The van der Waals surface area contributed by atoms with Crippen LogP contribution in [0.15, 0.2) is 23.2 Å². The molecule has 2 aromatic rings. The molecule has 3 nitrogen and oxygen atoms in total. The first-order valence-electron chi connectivity index (χ1n) is 12.3. The van der Waals surface area contributed by atoms with Gasteiger partial charge in [0.05, 0.1) is 11.1 Å². The smallest absolute Gasteiger partial charge is 0.254 e. The summed E-state index contributed by atoms with van der Waals surface area (Å²) in [6, 6.07) is 6.75. The van der Waals surface area contributed by atoms with Gasteiger partial charge in [0.25, 0.3) is 5.91 Å². The van der Waals surface area contributed by atoms with Gasteiger partial charge in [-0.25, -0.2) is 0 Å². The van der Waals surface area contributed by atoms with Gasteiger partial charge in [0, 0.05) is 11.4 Å². The number of benzene rings is 1. The molecule has 0 spiro atoms. The van der Waals surface area contributed by atoms with Crippen LogP contribution in [-0.4, -0.2) is 10.5 Å². The van der Waals surface area contributed by atoms with Crippen LogP contribution in [0.5, 0.6) is 0 Å². The minimum absolute atomic E-state index is 0.157. The van der Waals surface area contributed by atoms with E-state index in [-0.39, 0.29) is 11.3 Å². The number of hydrogen-bond donors (Lipinski definition) is 0. The highest BCUT2D eigenvalue weighted by Crippen LogP contribution is 2.60. The highest BCUT2D eigenvalue weighted by Gasteiger charge is 2.54. The quantitative estimate of drug-likeness (QED) is 0.530. The van der Waals surface area contributed by atoms with Gasteiger partial charge in [0.2, 0.25) is 0 Å². The van der Waals surface area contributed by atoms with Crippen molar-refractivity contribution in [2.75, 3.05) is 0 Å². The third kappa shape index (κ3) is 3.65. The second-order valence-electron chi connectivity index (χ2n) is 10.6. The second-order valence-corrected chi connectivity index (χ2v) is 11.6. The van der Waals surface area contributed by atoms with Crippen molar-refractivity contribution in [3.63, 3.8) is 0 Å². The molecule has 0 radical (unpaired) electrons. The van der Waals surface area contributed by atoms with Gasteiger partial charge in [0.1, 0.15) is 0 Å². The molecule has 4 fully saturated rings. The molecule has 4 saturated carbocycles. The standard InChI is InChI=1S/C27H36N2OS/c1-5-7-23-24(22-9-8-17(3)18(4)10-22)29(6-2)26(31-23)28-25(30)27-14-19-11-20(15-27)13-21(12-19)16-27/h8-10,19-21H,5-7,11-16H2,1-4H3. The van der Waals surface area contributed by atoms with E-state index in [0.29, 0.717) is 0 Å². The summed E-state index contributed by atoms with van der Waals surface area (Å²) in [5.41, 5.74) is 5.01. The van der Waals surface area contributed by atoms with Crippen molar-refractivity contribution in [2.24, 2.45) is 28.2 Å². The molecule has 6 rings (SSSR count). The number of rotatable bonds is 5. The number of aryl methyl sites for hydroxylation is 3. The zero-order valence-corrected chi connectivity index (χ0v) is 20.4. The number of aromatic nitrogens is 1. The molecule has 166 valence electrons. The fourth-order valence-electron chi connectivity index (χ4n) is 7.02. The lowest BCUT2D eigenvalue weighted by Crippen LogP contribution is -2.49. The van der Waals surface area contributed by atoms with Crippen LogP contribution in [0.2, 0.25) is 0 Å². The summed E-state index contributed by atoms with van der Waals surface area (Å²) >= 11 is 1.75. The van der Waals surface area contributed by atoms with Crippen molar-refractivity contribution in [3.05, 3.63) is 39.0 Å². The Bertz CT molecular complexity index is 1040. The first-order chi connectivity index (χ1) is 14.9. The first-order valence-corrected chi connectivity index (χ1v) is 13.1. The van der Waals surface area contributed by atoms with Crippen LogP contribution in [-0.2, 0) is 17.8 Å². The molecule has 4 heteroatoms. The minimum atomic E-state index is -0.157. The Morgan fingerprint density at radius 1 is 1.06 bits per heavy atom. The van der Waals surface area contributed by atoms with E-state index in [1.807, 2.05) is 0 Å². The fraction of sp³-hybridized carbons (Fsp3) is 0.630. The molecule has 4 aliphatic carbocycles. The maximum atomic E-state index is 13.7. The van der Waals surface area contributed by atoms with Gasteiger partial charge in [-0.1, -0.05) is 25.5 Å². The van der Waals surface area contributed by atoms with Crippen LogP contribution in [0.3, 0.4) is 0 Å². The molecule has 4 aliphatic rings. The van der Waals surface area contributed by atoms with Crippen molar-refractivity contribution in [1.82, 2.24) is 4.57 Å². The van der Waals surface area contributed by atoms with Gasteiger partial charge < -0.3 is 4.57 Å². The third-order valence-electron chi connectivity index (χ3n) is 8.24. The Kier molecular flexibility index (Phi) is 5.48. The maximum Gasteiger partial charge on any atom is 0.254 e. The number of hydrogen-bond acceptors (Lipinski definition) is 2. The summed E-state index contributed by atoms with van der Waals surface area (Å²) in [5.74, 6) is 2.50. The van der Waals surface area contributed by atoms with Gasteiger partial charge in [-0.2, -0.15) is 4.99 Å². The molecule has 31 heavy (non-hydrogen) atoms. The van der Waals surface area contributed by atoms with Gasteiger partial charge in [-0.3, -0.25) is 4.79 Å². The molecule has 0 aliphatic heterocycles. The number of amides is 1. The van der Waals surface area contributed by atoms with E-state index in [1.165, 1.54) is 46.5 Å². The average molecular weight is 437 g/mol. The number of thiazole rings is 1. The van der Waals surface area contributed by atoms with E-state index in [0.717, 1.165) is 61.2 Å². The van der Waals surface area contributed by atoms with Crippen molar-refractivity contribution >= 4 is 17.2 Å². The Hall–Kier alpha value is -1.68. The van der Waals surface area contributed by atoms with Crippen molar-refractivity contribution in [2.45, 2.75) is 85.6 Å². The molecule has 4 bridgehead atoms. The van der Waals surface area contributed by atoms with Crippen LogP contribution >= 0.6 is 11.3 Å². The monoisotopic (exact) mass is 436 g/mol. The topological polar surface area (TPSA) is 34.4 Å². The van der Waals surface area contributed by atoms with Crippen molar-refractivity contribution < 1.29 is 4.79 Å². The Morgan fingerprint density at radius 3 is 2.26 bits per heavy atom. The zero-order valence-electron chi connectivity index (χ0n) is 19.5. The summed E-state index contributed by atoms with van der Waals surface area (Å²) in [6.45, 7) is 9.61. The van der Waals surface area contributed by atoms with Gasteiger partial charge >= 0.3 is 0 Å². The lowest BCUT2D eigenvalue weighted by Gasteiger charge is -2.55. The third-order valence-corrected chi connectivity index (χ3v) is 9.38. The number of nitrogens with zero attached hydrogens (tertiary/aromatic N) is 2. The summed E-state index contributed by atoms with van der Waals surface area (Å²) < 4.78 is 2.30. The molecular formula is C27H36N2OS. The molecule has 1 aromatic carbocycles. The highest BCUT2D eigenvalue weighted by atomic mass is 32.1. The van der Waals surface area contributed by atoms with Gasteiger partial charge in [-0.15, -0.1) is 11.3 Å². The first kappa shape index (κ1) is 21.2. The van der Waals surface area contributed by atoms with Crippen LogP contribution in [0, 0.1) is 37.0 Å². The van der Waals surface area contributed by atoms with Crippen LogP contribution in [0.1, 0.15) is 74.8 Å². The predicted molar refractivity (Wildman–Crippen MR) is 128 cm³/mol. The molecule has 0 unspecified atom stereocenters. The maximum absolute atomic E-state index is 13.7. The lowest BCUT2D eigenvalue weighted by atomic mass is 9.49. The van der Waals surface area contributed by atoms with Crippen LogP contribution < -0.4 is 4.80 Å². The van der Waals surface area contributed by atoms with E-state index in [1.54, 1.807) is 11.3 Å². The lowest BCUT2D eigenvalue weighted by molar-refractivity contribution is -0.142. The van der Waals surface area contributed by atoms with E-state index < -0.39 is 0 Å². The summed E-state index contributed by atoms with van der Waals surface area (Å²) in [5, 5.41) is 0. The summed E-state index contributed by atoms with van der Waals surface area (Å²) in [4.78, 5) is 20.8. The van der Waals surface area contributed by atoms with Gasteiger partial charge in [-0.05, 0) is 106 Å². The van der Waals surface area contributed by atoms with E-state index in [2.05, 4.69) is 50.5 Å². The Balaban J connectivity index is 1.58. The Morgan fingerprint density at radius 2 is 1.71 bits per heavy atom. The fourth-order valence-corrected chi connectivity index (χ4v) is 8.33. The second kappa shape index (κ2) is 8.03. The van der Waals surface area contributed by atoms with E-state index >= 15 is 0 Å².